The molecule has 8 heavy (non-hydrogen) atoms. The lowest BCUT2D eigenvalue weighted by atomic mass is 10.4. The molecule has 0 aliphatic carbocycles. The molecule has 0 aromatic heterocycles. The summed E-state index contributed by atoms with van der Waals surface area (Å²) in [5, 5.41) is 4.13. The van der Waals surface area contributed by atoms with E-state index >= 15 is 0 Å². The van der Waals surface area contributed by atoms with E-state index in [1.54, 1.807) is 0 Å². The molecule has 0 amide bonds. The molecule has 0 saturated carbocycles. The molecule has 2 nitrogen and oxygen atoms in total. The monoisotopic (exact) mass is 112 g/mol. The van der Waals surface area contributed by atoms with Gasteiger partial charge < -0.3 is 4.74 Å². The summed E-state index contributed by atoms with van der Waals surface area (Å²) >= 11 is 0. The second-order valence-electron chi connectivity index (χ2n) is 1.76. The predicted molar refractivity (Wildman–Crippen MR) is 31.6 cm³/mol. The van der Waals surface area contributed by atoms with Crippen molar-refractivity contribution in [3.8, 4) is 0 Å². The van der Waals surface area contributed by atoms with Gasteiger partial charge in [-0.3, -0.25) is 0 Å². The van der Waals surface area contributed by atoms with Gasteiger partial charge in [0.1, 0.15) is 6.23 Å². The molecule has 1 aliphatic heterocycles. The van der Waals surface area contributed by atoms with Gasteiger partial charge in [-0.2, -0.15) is 0 Å². The third-order valence-corrected chi connectivity index (χ3v) is 1.10. The molecular weight excluding hydrogens is 102 g/mol. The summed E-state index contributed by atoms with van der Waals surface area (Å²) in [6.45, 7) is 5.23. The molecular formula is C6H10NO. The van der Waals surface area contributed by atoms with Crippen molar-refractivity contribution in [3.63, 3.8) is 0 Å². The lowest BCUT2D eigenvalue weighted by Crippen LogP contribution is -2.13. The van der Waals surface area contributed by atoms with Crippen LogP contribution in [0.1, 0.15) is 6.42 Å². The van der Waals surface area contributed by atoms with Crippen LogP contribution in [0.25, 0.3) is 0 Å². The van der Waals surface area contributed by atoms with E-state index in [1.807, 2.05) is 6.08 Å². The maximum absolute atomic E-state index is 5.16. The van der Waals surface area contributed by atoms with Gasteiger partial charge in [-0.1, -0.05) is 6.08 Å². The fourth-order valence-electron chi connectivity index (χ4n) is 0.723. The summed E-state index contributed by atoms with van der Waals surface area (Å²) in [5.41, 5.74) is 0. The average Bonchev–Trinajstić information content (AvgIpc) is 2.19. The van der Waals surface area contributed by atoms with Crippen molar-refractivity contribution >= 4 is 0 Å². The Morgan fingerprint density at radius 3 is 3.25 bits per heavy atom. The highest BCUT2D eigenvalue weighted by Crippen LogP contribution is 2.01. The number of nitrogens with zero attached hydrogens (tertiary/aromatic N) is 1. The lowest BCUT2D eigenvalue weighted by molar-refractivity contribution is 0.102. The third-order valence-electron chi connectivity index (χ3n) is 1.10. The van der Waals surface area contributed by atoms with Crippen LogP contribution in [0, 0.1) is 0 Å². The standard InChI is InChI=1S/C6H10NO/c1-2-3-6-7-4-5-8-6/h2,6H,1,3-5H2. The van der Waals surface area contributed by atoms with Gasteiger partial charge in [0.05, 0.1) is 6.61 Å². The second-order valence-corrected chi connectivity index (χ2v) is 1.76. The van der Waals surface area contributed by atoms with E-state index in [-0.39, 0.29) is 6.23 Å². The molecule has 0 aromatic carbocycles. The zero-order valence-electron chi connectivity index (χ0n) is 4.84. The average molecular weight is 112 g/mol. The summed E-state index contributed by atoms with van der Waals surface area (Å²) in [5.74, 6) is 0. The fraction of sp³-hybridized carbons (Fsp3) is 0.667. The van der Waals surface area contributed by atoms with E-state index < -0.39 is 0 Å². The van der Waals surface area contributed by atoms with Crippen LogP contribution in [-0.4, -0.2) is 19.4 Å². The predicted octanol–water partition coefficient (Wildman–Crippen LogP) is 0.523. The normalized spacial score (nSPS) is 28.2. The lowest BCUT2D eigenvalue weighted by Gasteiger charge is -2.01. The minimum absolute atomic E-state index is 0.118. The van der Waals surface area contributed by atoms with E-state index in [1.165, 1.54) is 0 Å². The Balaban J connectivity index is 2.14. The Hall–Kier alpha value is -0.340. The number of hydrogen-bond acceptors (Lipinski definition) is 1. The number of hydrogen-bond donors (Lipinski definition) is 0. The van der Waals surface area contributed by atoms with Crippen molar-refractivity contribution in [1.82, 2.24) is 5.32 Å². The van der Waals surface area contributed by atoms with Crippen LogP contribution in [0.2, 0.25) is 0 Å². The molecule has 1 unspecified atom stereocenters. The summed E-state index contributed by atoms with van der Waals surface area (Å²) < 4.78 is 5.16. The Bertz CT molecular complexity index is 76.6. The van der Waals surface area contributed by atoms with Crippen molar-refractivity contribution < 1.29 is 4.74 Å². The van der Waals surface area contributed by atoms with E-state index in [4.69, 9.17) is 4.74 Å². The molecule has 1 radical (unpaired) electrons. The maximum atomic E-state index is 5.16. The highest BCUT2D eigenvalue weighted by atomic mass is 16.5. The van der Waals surface area contributed by atoms with Gasteiger partial charge in [0.15, 0.2) is 0 Å². The van der Waals surface area contributed by atoms with Gasteiger partial charge >= 0.3 is 0 Å². The quantitative estimate of drug-likeness (QED) is 0.478. The van der Waals surface area contributed by atoms with Gasteiger partial charge in [-0.15, -0.1) is 6.58 Å². The van der Waals surface area contributed by atoms with Crippen molar-refractivity contribution in [2.45, 2.75) is 12.6 Å². The topological polar surface area (TPSA) is 23.3 Å². The van der Waals surface area contributed by atoms with Gasteiger partial charge in [0.2, 0.25) is 0 Å². The summed E-state index contributed by atoms with van der Waals surface area (Å²) in [6, 6.07) is 0. The van der Waals surface area contributed by atoms with Crippen LogP contribution in [0.5, 0.6) is 0 Å². The largest absolute Gasteiger partial charge is 0.360 e. The molecule has 1 heterocycles. The van der Waals surface area contributed by atoms with Crippen molar-refractivity contribution in [2.75, 3.05) is 13.2 Å². The van der Waals surface area contributed by atoms with Crippen LogP contribution in [-0.2, 0) is 4.74 Å². The Morgan fingerprint density at radius 2 is 2.75 bits per heavy atom. The van der Waals surface area contributed by atoms with Gasteiger partial charge in [-0.25, -0.2) is 5.32 Å². The van der Waals surface area contributed by atoms with Crippen molar-refractivity contribution in [2.24, 2.45) is 0 Å². The van der Waals surface area contributed by atoms with Crippen molar-refractivity contribution in [3.05, 3.63) is 12.7 Å². The SMILES string of the molecule is C=CCC1[N]CCO1. The zero-order valence-corrected chi connectivity index (χ0v) is 4.84. The fourth-order valence-corrected chi connectivity index (χ4v) is 0.723. The van der Waals surface area contributed by atoms with Gasteiger partial charge in [0, 0.05) is 13.0 Å². The first-order valence-electron chi connectivity index (χ1n) is 2.82. The molecule has 0 N–H and O–H groups in total. The van der Waals surface area contributed by atoms with Crippen LogP contribution in [0.3, 0.4) is 0 Å². The first-order valence-corrected chi connectivity index (χ1v) is 2.82. The smallest absolute Gasteiger partial charge is 0.126 e. The zero-order chi connectivity index (χ0) is 5.82. The van der Waals surface area contributed by atoms with Crippen LogP contribution in [0.4, 0.5) is 0 Å². The van der Waals surface area contributed by atoms with Crippen LogP contribution >= 0.6 is 0 Å². The van der Waals surface area contributed by atoms with Gasteiger partial charge in [-0.05, 0) is 0 Å². The van der Waals surface area contributed by atoms with E-state index in [9.17, 15) is 0 Å². The molecule has 1 aliphatic rings. The molecule has 0 aromatic rings. The Labute approximate surface area is 49.5 Å². The molecule has 0 spiro atoms. The van der Waals surface area contributed by atoms with Crippen LogP contribution in [0.15, 0.2) is 12.7 Å². The van der Waals surface area contributed by atoms with E-state index in [0.717, 1.165) is 19.6 Å². The maximum Gasteiger partial charge on any atom is 0.126 e. The number of ether oxygens (including phenoxy) is 1. The van der Waals surface area contributed by atoms with Crippen molar-refractivity contribution in [1.29, 1.82) is 0 Å². The van der Waals surface area contributed by atoms with Crippen LogP contribution < -0.4 is 5.32 Å². The minimum Gasteiger partial charge on any atom is -0.360 e. The molecule has 2 heteroatoms. The Kier molecular flexibility index (Phi) is 2.06. The third kappa shape index (κ3) is 1.32. The number of rotatable bonds is 2. The highest BCUT2D eigenvalue weighted by molar-refractivity contribution is 4.74. The summed E-state index contributed by atoms with van der Waals surface area (Å²) in [7, 11) is 0. The Morgan fingerprint density at radius 1 is 1.88 bits per heavy atom. The first-order chi connectivity index (χ1) is 3.93. The molecule has 45 valence electrons. The molecule has 1 fully saturated rings. The van der Waals surface area contributed by atoms with E-state index in [0.29, 0.717) is 0 Å². The molecule has 1 atom stereocenters. The van der Waals surface area contributed by atoms with Gasteiger partial charge in [0.25, 0.3) is 0 Å². The molecule has 0 bridgehead atoms. The molecule has 1 saturated heterocycles. The minimum atomic E-state index is 0.118. The summed E-state index contributed by atoms with van der Waals surface area (Å²) in [6.07, 6.45) is 2.81. The first kappa shape index (κ1) is 5.79. The molecule has 1 rings (SSSR count). The second kappa shape index (κ2) is 2.84. The highest BCUT2D eigenvalue weighted by Gasteiger charge is 2.12. The summed E-state index contributed by atoms with van der Waals surface area (Å²) in [4.78, 5) is 0. The van der Waals surface area contributed by atoms with E-state index in [2.05, 4.69) is 11.9 Å².